The first-order valence-electron chi connectivity index (χ1n) is 6.96. The van der Waals surface area contributed by atoms with Crippen LogP contribution >= 0.6 is 15.9 Å². The van der Waals surface area contributed by atoms with E-state index >= 15 is 0 Å². The van der Waals surface area contributed by atoms with E-state index in [1.807, 2.05) is 0 Å². The molecule has 0 aromatic heterocycles. The van der Waals surface area contributed by atoms with Gasteiger partial charge in [-0.3, -0.25) is 0 Å². The zero-order valence-electron chi connectivity index (χ0n) is 11.3. The Hall–Kier alpha value is -0.610. The van der Waals surface area contributed by atoms with Gasteiger partial charge < -0.3 is 10.1 Å². The molecule has 1 aliphatic rings. The largest absolute Gasteiger partial charge is 0.489 e. The Morgan fingerprint density at radius 1 is 1.42 bits per heavy atom. The molecule has 1 fully saturated rings. The Morgan fingerprint density at radius 2 is 2.26 bits per heavy atom. The number of benzene rings is 1. The number of nitrogens with one attached hydrogen (secondary N) is 1. The van der Waals surface area contributed by atoms with E-state index in [0.717, 1.165) is 16.9 Å². The summed E-state index contributed by atoms with van der Waals surface area (Å²) < 4.78 is 19.7. The van der Waals surface area contributed by atoms with Gasteiger partial charge in [0.05, 0.1) is 0 Å². The molecule has 2 atom stereocenters. The Kier molecular flexibility index (Phi) is 5.64. The molecule has 4 heteroatoms. The highest BCUT2D eigenvalue weighted by atomic mass is 79.9. The van der Waals surface area contributed by atoms with Crippen molar-refractivity contribution in [2.45, 2.75) is 38.6 Å². The highest BCUT2D eigenvalue weighted by Crippen LogP contribution is 2.24. The Morgan fingerprint density at radius 3 is 3.05 bits per heavy atom. The highest BCUT2D eigenvalue weighted by Gasteiger charge is 2.17. The molecule has 1 aliphatic carbocycles. The molecular formula is C15H21BrFNO. The maximum Gasteiger partial charge on any atom is 0.165 e. The third-order valence-corrected chi connectivity index (χ3v) is 4.12. The lowest BCUT2D eigenvalue weighted by molar-refractivity contribution is 0.260. The zero-order chi connectivity index (χ0) is 13.7. The van der Waals surface area contributed by atoms with Crippen molar-refractivity contribution in [1.82, 2.24) is 5.32 Å². The zero-order valence-corrected chi connectivity index (χ0v) is 12.9. The second kappa shape index (κ2) is 7.25. The SMILES string of the molecule is CC1CCCC(NCCOc2cc(Br)ccc2F)C1. The average molecular weight is 330 g/mol. The lowest BCUT2D eigenvalue weighted by atomic mass is 9.87. The van der Waals surface area contributed by atoms with E-state index in [-0.39, 0.29) is 5.82 Å². The first-order valence-corrected chi connectivity index (χ1v) is 7.75. The van der Waals surface area contributed by atoms with Gasteiger partial charge in [-0.15, -0.1) is 0 Å². The van der Waals surface area contributed by atoms with Crippen LogP contribution in [0.3, 0.4) is 0 Å². The fourth-order valence-electron chi connectivity index (χ4n) is 2.63. The van der Waals surface area contributed by atoms with E-state index in [0.29, 0.717) is 18.4 Å². The van der Waals surface area contributed by atoms with Crippen LogP contribution in [0.25, 0.3) is 0 Å². The van der Waals surface area contributed by atoms with E-state index in [1.165, 1.54) is 31.7 Å². The number of halogens is 2. The number of rotatable bonds is 5. The smallest absolute Gasteiger partial charge is 0.165 e. The molecule has 1 N–H and O–H groups in total. The molecule has 106 valence electrons. The summed E-state index contributed by atoms with van der Waals surface area (Å²) in [4.78, 5) is 0. The molecule has 0 heterocycles. The minimum Gasteiger partial charge on any atom is -0.489 e. The molecule has 1 saturated carbocycles. The van der Waals surface area contributed by atoms with Crippen molar-refractivity contribution in [3.05, 3.63) is 28.5 Å². The van der Waals surface area contributed by atoms with Gasteiger partial charge in [0, 0.05) is 17.1 Å². The first kappa shape index (κ1) is 14.8. The van der Waals surface area contributed by atoms with Gasteiger partial charge in [-0.2, -0.15) is 0 Å². The molecule has 1 aromatic rings. The lowest BCUT2D eigenvalue weighted by Crippen LogP contribution is -2.36. The maximum atomic E-state index is 13.4. The van der Waals surface area contributed by atoms with Gasteiger partial charge in [0.1, 0.15) is 6.61 Å². The number of hydrogen-bond donors (Lipinski definition) is 1. The predicted octanol–water partition coefficient (Wildman–Crippen LogP) is 4.14. The van der Waals surface area contributed by atoms with E-state index in [9.17, 15) is 4.39 Å². The standard InChI is InChI=1S/C15H21BrFNO/c1-11-3-2-4-13(9-11)18-7-8-19-15-10-12(16)5-6-14(15)17/h5-6,10-11,13,18H,2-4,7-9H2,1H3. The third kappa shape index (κ3) is 4.77. The molecule has 0 bridgehead atoms. The van der Waals surface area contributed by atoms with E-state index in [1.54, 1.807) is 12.1 Å². The van der Waals surface area contributed by atoms with Gasteiger partial charge >= 0.3 is 0 Å². The molecule has 0 amide bonds. The van der Waals surface area contributed by atoms with Crippen LogP contribution in [0.15, 0.2) is 22.7 Å². The minimum atomic E-state index is -0.311. The summed E-state index contributed by atoms with van der Waals surface area (Å²) in [6, 6.07) is 5.34. The van der Waals surface area contributed by atoms with Crippen molar-refractivity contribution in [3.63, 3.8) is 0 Å². The topological polar surface area (TPSA) is 21.3 Å². The van der Waals surface area contributed by atoms with Crippen LogP contribution in [-0.2, 0) is 0 Å². The molecule has 0 spiro atoms. The first-order chi connectivity index (χ1) is 9.15. The van der Waals surface area contributed by atoms with Gasteiger partial charge in [0.25, 0.3) is 0 Å². The van der Waals surface area contributed by atoms with E-state index in [4.69, 9.17) is 4.74 Å². The molecular weight excluding hydrogens is 309 g/mol. The molecule has 1 aromatic carbocycles. The third-order valence-electron chi connectivity index (χ3n) is 3.62. The van der Waals surface area contributed by atoms with Gasteiger partial charge in [-0.25, -0.2) is 4.39 Å². The van der Waals surface area contributed by atoms with Gasteiger partial charge in [0.15, 0.2) is 11.6 Å². The normalized spacial score (nSPS) is 23.3. The monoisotopic (exact) mass is 329 g/mol. The molecule has 2 nitrogen and oxygen atoms in total. The molecule has 2 unspecified atom stereocenters. The van der Waals surface area contributed by atoms with Crippen LogP contribution in [0, 0.1) is 11.7 Å². The Bertz CT molecular complexity index is 413. The highest BCUT2D eigenvalue weighted by molar-refractivity contribution is 9.10. The van der Waals surface area contributed by atoms with Crippen molar-refractivity contribution < 1.29 is 9.13 Å². The summed E-state index contributed by atoms with van der Waals surface area (Å²) in [7, 11) is 0. The van der Waals surface area contributed by atoms with Crippen molar-refractivity contribution in [2.75, 3.05) is 13.2 Å². The van der Waals surface area contributed by atoms with Crippen molar-refractivity contribution in [1.29, 1.82) is 0 Å². The van der Waals surface area contributed by atoms with Crippen molar-refractivity contribution in [3.8, 4) is 5.75 Å². The van der Waals surface area contributed by atoms with Crippen molar-refractivity contribution >= 4 is 15.9 Å². The molecule has 19 heavy (non-hydrogen) atoms. The van der Waals surface area contributed by atoms with Crippen LogP contribution in [0.4, 0.5) is 4.39 Å². The fourth-order valence-corrected chi connectivity index (χ4v) is 2.97. The molecule has 0 aliphatic heterocycles. The molecule has 0 saturated heterocycles. The van der Waals surface area contributed by atoms with Crippen LogP contribution in [0.1, 0.15) is 32.6 Å². The van der Waals surface area contributed by atoms with Gasteiger partial charge in [0.2, 0.25) is 0 Å². The molecule has 2 rings (SSSR count). The van der Waals surface area contributed by atoms with Crippen LogP contribution < -0.4 is 10.1 Å². The summed E-state index contributed by atoms with van der Waals surface area (Å²) in [6.07, 6.45) is 5.14. The second-order valence-electron chi connectivity index (χ2n) is 5.35. The summed E-state index contributed by atoms with van der Waals surface area (Å²) in [6.45, 7) is 3.57. The fraction of sp³-hybridized carbons (Fsp3) is 0.600. The predicted molar refractivity (Wildman–Crippen MR) is 79.0 cm³/mol. The summed E-state index contributed by atoms with van der Waals surface area (Å²) in [5, 5.41) is 3.50. The Labute approximate surface area is 122 Å². The number of ether oxygens (including phenoxy) is 1. The summed E-state index contributed by atoms with van der Waals surface area (Å²) in [5.74, 6) is 0.817. The van der Waals surface area contributed by atoms with Gasteiger partial charge in [-0.1, -0.05) is 35.7 Å². The van der Waals surface area contributed by atoms with E-state index < -0.39 is 0 Å². The number of hydrogen-bond acceptors (Lipinski definition) is 2. The quantitative estimate of drug-likeness (QED) is 0.820. The second-order valence-corrected chi connectivity index (χ2v) is 6.26. The molecule has 0 radical (unpaired) electrons. The maximum absolute atomic E-state index is 13.4. The Balaban J connectivity index is 1.70. The van der Waals surface area contributed by atoms with Crippen LogP contribution in [-0.4, -0.2) is 19.2 Å². The minimum absolute atomic E-state index is 0.311. The summed E-state index contributed by atoms with van der Waals surface area (Å²) in [5.41, 5.74) is 0. The summed E-state index contributed by atoms with van der Waals surface area (Å²) >= 11 is 3.31. The van der Waals surface area contributed by atoms with Gasteiger partial charge in [-0.05, 0) is 37.0 Å². The average Bonchev–Trinajstić information content (AvgIpc) is 2.39. The van der Waals surface area contributed by atoms with E-state index in [2.05, 4.69) is 28.2 Å². The lowest BCUT2D eigenvalue weighted by Gasteiger charge is -2.27. The van der Waals surface area contributed by atoms with Crippen LogP contribution in [0.2, 0.25) is 0 Å². The van der Waals surface area contributed by atoms with Crippen molar-refractivity contribution in [2.24, 2.45) is 5.92 Å². The van der Waals surface area contributed by atoms with Crippen LogP contribution in [0.5, 0.6) is 5.75 Å².